The molecule has 0 unspecified atom stereocenters. The first-order valence-corrected chi connectivity index (χ1v) is 6.77. The summed E-state index contributed by atoms with van der Waals surface area (Å²) >= 11 is 0. The van der Waals surface area contributed by atoms with Crippen molar-refractivity contribution in [1.82, 2.24) is 0 Å². The van der Waals surface area contributed by atoms with Gasteiger partial charge in [-0.25, -0.2) is 0 Å². The summed E-state index contributed by atoms with van der Waals surface area (Å²) in [6, 6.07) is 6.54. The molecular weight excluding hydrogens is 208 g/mol. The maximum Gasteiger partial charge on any atom is 0.0688 e. The van der Waals surface area contributed by atoms with Gasteiger partial charge >= 0.3 is 0 Å². The molecule has 2 rings (SSSR count). The topological polar surface area (TPSA) is 20.2 Å². The zero-order valence-electron chi connectivity index (χ0n) is 11.3. The van der Waals surface area contributed by atoms with E-state index in [1.54, 1.807) is 0 Å². The van der Waals surface area contributed by atoms with Crippen molar-refractivity contribution in [3.8, 4) is 0 Å². The van der Waals surface area contributed by atoms with Crippen molar-refractivity contribution < 1.29 is 5.11 Å². The molecule has 1 N–H and O–H groups in total. The summed E-state index contributed by atoms with van der Waals surface area (Å²) in [7, 11) is 0. The number of hydrogen-bond donors (Lipinski definition) is 1. The Labute approximate surface area is 105 Å². The second-order valence-electron chi connectivity index (χ2n) is 6.01. The van der Waals surface area contributed by atoms with Crippen LogP contribution in [0.5, 0.6) is 0 Å². The van der Waals surface area contributed by atoms with Crippen LogP contribution in [0.1, 0.15) is 49.3 Å². The molecule has 1 aromatic rings. The van der Waals surface area contributed by atoms with Crippen LogP contribution in [0, 0.1) is 19.8 Å². The lowest BCUT2D eigenvalue weighted by Gasteiger charge is -2.35. The third kappa shape index (κ3) is 3.10. The second kappa shape index (κ2) is 4.81. The monoisotopic (exact) mass is 232 g/mol. The van der Waals surface area contributed by atoms with E-state index in [0.717, 1.165) is 25.2 Å². The predicted octanol–water partition coefficient (Wildman–Crippen LogP) is 3.79. The molecule has 0 spiro atoms. The second-order valence-corrected chi connectivity index (χ2v) is 6.01. The summed E-state index contributed by atoms with van der Waals surface area (Å²) in [5.74, 6) is 0.786. The Morgan fingerprint density at radius 1 is 1.24 bits per heavy atom. The van der Waals surface area contributed by atoms with Gasteiger partial charge in [0.25, 0.3) is 0 Å². The highest BCUT2D eigenvalue weighted by molar-refractivity contribution is 5.31. The molecule has 1 aliphatic carbocycles. The van der Waals surface area contributed by atoms with Gasteiger partial charge in [-0.05, 0) is 56.6 Å². The molecule has 1 aromatic carbocycles. The molecular formula is C16H24O. The van der Waals surface area contributed by atoms with Crippen LogP contribution in [0.3, 0.4) is 0 Å². The summed E-state index contributed by atoms with van der Waals surface area (Å²) in [4.78, 5) is 0. The zero-order valence-corrected chi connectivity index (χ0v) is 11.3. The number of hydrogen-bond acceptors (Lipinski definition) is 1. The third-order valence-electron chi connectivity index (χ3n) is 4.23. The summed E-state index contributed by atoms with van der Waals surface area (Å²) in [6.45, 7) is 6.55. The Kier molecular flexibility index (Phi) is 3.58. The van der Waals surface area contributed by atoms with E-state index in [1.807, 2.05) is 0 Å². The van der Waals surface area contributed by atoms with Gasteiger partial charge in [-0.15, -0.1) is 0 Å². The summed E-state index contributed by atoms with van der Waals surface area (Å²) in [6.07, 6.45) is 5.08. The van der Waals surface area contributed by atoms with Gasteiger partial charge in [0.15, 0.2) is 0 Å². The quantitative estimate of drug-likeness (QED) is 0.822. The van der Waals surface area contributed by atoms with Crippen LogP contribution in [0.25, 0.3) is 0 Å². The maximum atomic E-state index is 10.7. The maximum absolute atomic E-state index is 10.7. The lowest BCUT2D eigenvalue weighted by atomic mass is 9.76. The van der Waals surface area contributed by atoms with E-state index in [2.05, 4.69) is 39.0 Å². The molecule has 0 radical (unpaired) electrons. The number of aliphatic hydroxyl groups is 1. The van der Waals surface area contributed by atoms with Crippen LogP contribution in [-0.4, -0.2) is 10.7 Å². The number of benzene rings is 1. The van der Waals surface area contributed by atoms with Crippen LogP contribution >= 0.6 is 0 Å². The average molecular weight is 232 g/mol. The molecule has 0 atom stereocenters. The van der Waals surface area contributed by atoms with Crippen LogP contribution in [0.2, 0.25) is 0 Å². The molecule has 0 heterocycles. The SMILES string of the molecule is Cc1ccc(C)c(CC2(O)CCC(C)CC2)c1. The summed E-state index contributed by atoms with van der Waals surface area (Å²) in [5.41, 5.74) is 3.47. The van der Waals surface area contributed by atoms with E-state index in [0.29, 0.717) is 0 Å². The zero-order chi connectivity index (χ0) is 12.5. The first-order chi connectivity index (χ1) is 7.98. The van der Waals surface area contributed by atoms with Gasteiger partial charge < -0.3 is 5.11 Å². The standard InChI is InChI=1S/C16H24O/c1-12-6-8-16(17,9-7-12)11-15-10-13(2)4-5-14(15)3/h4-5,10,12,17H,6-9,11H2,1-3H3. The third-order valence-corrected chi connectivity index (χ3v) is 4.23. The molecule has 0 bridgehead atoms. The van der Waals surface area contributed by atoms with E-state index in [9.17, 15) is 5.11 Å². The molecule has 1 saturated carbocycles. The van der Waals surface area contributed by atoms with Gasteiger partial charge in [0.1, 0.15) is 0 Å². The van der Waals surface area contributed by atoms with Crippen LogP contribution in [0.4, 0.5) is 0 Å². The minimum atomic E-state index is -0.453. The Morgan fingerprint density at radius 2 is 1.88 bits per heavy atom. The largest absolute Gasteiger partial charge is 0.390 e. The van der Waals surface area contributed by atoms with E-state index < -0.39 is 5.60 Å². The molecule has 1 nitrogen and oxygen atoms in total. The first kappa shape index (κ1) is 12.6. The molecule has 0 amide bonds. The average Bonchev–Trinajstić information content (AvgIpc) is 2.28. The highest BCUT2D eigenvalue weighted by atomic mass is 16.3. The normalized spacial score (nSPS) is 29.3. The Bertz CT molecular complexity index is 387. The molecule has 1 aliphatic rings. The molecule has 1 fully saturated rings. The molecule has 1 heteroatoms. The van der Waals surface area contributed by atoms with Crippen molar-refractivity contribution in [2.45, 2.75) is 58.5 Å². The lowest BCUT2D eigenvalue weighted by molar-refractivity contribution is -0.00679. The van der Waals surface area contributed by atoms with E-state index >= 15 is 0 Å². The van der Waals surface area contributed by atoms with Gasteiger partial charge in [0.2, 0.25) is 0 Å². The van der Waals surface area contributed by atoms with E-state index in [-0.39, 0.29) is 0 Å². The van der Waals surface area contributed by atoms with Crippen molar-refractivity contribution >= 4 is 0 Å². The molecule has 94 valence electrons. The minimum Gasteiger partial charge on any atom is -0.390 e. The summed E-state index contributed by atoms with van der Waals surface area (Å²) < 4.78 is 0. The molecule has 0 saturated heterocycles. The Morgan fingerprint density at radius 3 is 2.53 bits per heavy atom. The minimum absolute atomic E-state index is 0.453. The predicted molar refractivity (Wildman–Crippen MR) is 72.2 cm³/mol. The van der Waals surface area contributed by atoms with Crippen LogP contribution in [-0.2, 0) is 6.42 Å². The van der Waals surface area contributed by atoms with Gasteiger partial charge in [-0.3, -0.25) is 0 Å². The number of rotatable bonds is 2. The fraction of sp³-hybridized carbons (Fsp3) is 0.625. The van der Waals surface area contributed by atoms with Crippen LogP contribution < -0.4 is 0 Å². The highest BCUT2D eigenvalue weighted by Gasteiger charge is 2.32. The van der Waals surface area contributed by atoms with Crippen LogP contribution in [0.15, 0.2) is 18.2 Å². The van der Waals surface area contributed by atoms with Crippen molar-refractivity contribution in [3.05, 3.63) is 34.9 Å². The fourth-order valence-electron chi connectivity index (χ4n) is 2.82. The van der Waals surface area contributed by atoms with Gasteiger partial charge in [0, 0.05) is 6.42 Å². The fourth-order valence-corrected chi connectivity index (χ4v) is 2.82. The molecule has 17 heavy (non-hydrogen) atoms. The van der Waals surface area contributed by atoms with E-state index in [4.69, 9.17) is 0 Å². The van der Waals surface area contributed by atoms with Crippen molar-refractivity contribution in [1.29, 1.82) is 0 Å². The van der Waals surface area contributed by atoms with Crippen molar-refractivity contribution in [3.63, 3.8) is 0 Å². The summed E-state index contributed by atoms with van der Waals surface area (Å²) in [5, 5.41) is 10.7. The smallest absolute Gasteiger partial charge is 0.0688 e. The molecule has 0 aliphatic heterocycles. The van der Waals surface area contributed by atoms with Gasteiger partial charge in [0.05, 0.1) is 5.60 Å². The molecule has 0 aromatic heterocycles. The van der Waals surface area contributed by atoms with Gasteiger partial charge in [-0.2, -0.15) is 0 Å². The lowest BCUT2D eigenvalue weighted by Crippen LogP contribution is -2.36. The highest BCUT2D eigenvalue weighted by Crippen LogP contribution is 2.34. The van der Waals surface area contributed by atoms with Crippen molar-refractivity contribution in [2.75, 3.05) is 0 Å². The Hall–Kier alpha value is -0.820. The van der Waals surface area contributed by atoms with Crippen molar-refractivity contribution in [2.24, 2.45) is 5.92 Å². The Balaban J connectivity index is 2.12. The number of aryl methyl sites for hydroxylation is 2. The first-order valence-electron chi connectivity index (χ1n) is 6.77. The van der Waals surface area contributed by atoms with Gasteiger partial charge in [-0.1, -0.05) is 30.7 Å². The van der Waals surface area contributed by atoms with E-state index in [1.165, 1.54) is 29.5 Å².